The van der Waals surface area contributed by atoms with Crippen LogP contribution in [0.15, 0.2) is 54.7 Å². The normalized spacial score (nSPS) is 11.1. The van der Waals surface area contributed by atoms with Crippen molar-refractivity contribution in [1.29, 1.82) is 0 Å². The largest absolute Gasteiger partial charge is 0.388 e. The number of hydrogen-bond acceptors (Lipinski definition) is 5. The van der Waals surface area contributed by atoms with Crippen LogP contribution in [0.2, 0.25) is 0 Å². The van der Waals surface area contributed by atoms with Crippen LogP contribution in [-0.2, 0) is 19.6 Å². The summed E-state index contributed by atoms with van der Waals surface area (Å²) in [5.74, 6) is 1.23. The average molecular weight is 387 g/mol. The van der Waals surface area contributed by atoms with Gasteiger partial charge in [-0.05, 0) is 35.1 Å². The van der Waals surface area contributed by atoms with Crippen molar-refractivity contribution < 1.29 is 5.11 Å². The first-order valence-electron chi connectivity index (χ1n) is 9.81. The summed E-state index contributed by atoms with van der Waals surface area (Å²) < 4.78 is 2.12. The Bertz CT molecular complexity index is 1050. The lowest BCUT2D eigenvalue weighted by atomic mass is 9.98. The number of tetrazole rings is 1. The second-order valence-electron chi connectivity index (χ2n) is 6.96. The molecule has 2 heterocycles. The zero-order valence-corrected chi connectivity index (χ0v) is 16.4. The number of benzene rings is 2. The van der Waals surface area contributed by atoms with Gasteiger partial charge in [-0.2, -0.15) is 5.21 Å². The first kappa shape index (κ1) is 19.0. The van der Waals surface area contributed by atoms with Gasteiger partial charge in [0, 0.05) is 24.3 Å². The predicted octanol–water partition coefficient (Wildman–Crippen LogP) is 3.24. The SMILES string of the molecule is CCCCc1cnc(CO)n1Cc1ccc(-c2ccccc2-c2nnn[n-]2)cc1. The van der Waals surface area contributed by atoms with Gasteiger partial charge >= 0.3 is 0 Å². The van der Waals surface area contributed by atoms with Gasteiger partial charge in [0.1, 0.15) is 12.4 Å². The van der Waals surface area contributed by atoms with E-state index in [1.54, 1.807) is 0 Å². The molecule has 0 saturated carbocycles. The Morgan fingerprint density at radius 2 is 1.83 bits per heavy atom. The quantitative estimate of drug-likeness (QED) is 0.499. The zero-order valence-electron chi connectivity index (χ0n) is 16.4. The minimum absolute atomic E-state index is 0.0562. The van der Waals surface area contributed by atoms with Crippen molar-refractivity contribution in [3.05, 3.63) is 71.8 Å². The first-order chi connectivity index (χ1) is 14.3. The van der Waals surface area contributed by atoms with Crippen LogP contribution in [-0.4, -0.2) is 30.2 Å². The molecule has 2 aromatic carbocycles. The maximum absolute atomic E-state index is 9.64. The summed E-state index contributed by atoms with van der Waals surface area (Å²) in [6.45, 7) is 2.81. The first-order valence-corrected chi connectivity index (χ1v) is 9.81. The van der Waals surface area contributed by atoms with E-state index in [1.807, 2.05) is 30.5 Å². The summed E-state index contributed by atoms with van der Waals surface area (Å²) >= 11 is 0. The van der Waals surface area contributed by atoms with E-state index >= 15 is 0 Å². The molecule has 0 spiro atoms. The fourth-order valence-electron chi connectivity index (χ4n) is 3.49. The van der Waals surface area contributed by atoms with Crippen LogP contribution in [0.3, 0.4) is 0 Å². The third-order valence-corrected chi connectivity index (χ3v) is 5.04. The van der Waals surface area contributed by atoms with Crippen molar-refractivity contribution >= 4 is 0 Å². The summed E-state index contributed by atoms with van der Waals surface area (Å²) in [4.78, 5) is 4.38. The van der Waals surface area contributed by atoms with Crippen LogP contribution in [0.25, 0.3) is 22.5 Å². The molecular formula is C22H23N6O-. The van der Waals surface area contributed by atoms with Gasteiger partial charge in [0.15, 0.2) is 0 Å². The third kappa shape index (κ3) is 4.09. The van der Waals surface area contributed by atoms with Crippen LogP contribution in [0.5, 0.6) is 0 Å². The molecule has 0 bridgehead atoms. The smallest absolute Gasteiger partial charge is 0.135 e. The molecule has 0 radical (unpaired) electrons. The number of imidazole rings is 1. The molecule has 148 valence electrons. The van der Waals surface area contributed by atoms with Crippen LogP contribution in [0.4, 0.5) is 0 Å². The second kappa shape index (κ2) is 8.79. The van der Waals surface area contributed by atoms with Crippen LogP contribution in [0.1, 0.15) is 36.8 Å². The van der Waals surface area contributed by atoms with Gasteiger partial charge in [-0.25, -0.2) is 4.98 Å². The van der Waals surface area contributed by atoms with Gasteiger partial charge in [-0.3, -0.25) is 10.3 Å². The molecule has 2 aromatic heterocycles. The number of aryl methyl sites for hydroxylation is 1. The molecule has 0 saturated heterocycles. The number of rotatable bonds is 8. The Labute approximate surface area is 169 Å². The van der Waals surface area contributed by atoms with Crippen LogP contribution < -0.4 is 5.10 Å². The molecule has 7 heteroatoms. The van der Waals surface area contributed by atoms with Gasteiger partial charge < -0.3 is 14.8 Å². The lowest BCUT2D eigenvalue weighted by molar-refractivity contribution is 0.265. The van der Waals surface area contributed by atoms with E-state index in [9.17, 15) is 5.11 Å². The number of unbranched alkanes of at least 4 members (excludes halogenated alkanes) is 1. The van der Waals surface area contributed by atoms with Crippen LogP contribution in [0, 0.1) is 0 Å². The molecule has 0 fully saturated rings. The maximum atomic E-state index is 9.64. The molecule has 0 aliphatic rings. The highest BCUT2D eigenvalue weighted by Crippen LogP contribution is 2.29. The molecule has 1 N–H and O–H groups in total. The molecule has 0 atom stereocenters. The number of nitrogens with zero attached hydrogens (tertiary/aromatic N) is 6. The second-order valence-corrected chi connectivity index (χ2v) is 6.96. The monoisotopic (exact) mass is 387 g/mol. The molecule has 0 amide bonds. The van der Waals surface area contributed by atoms with E-state index in [0.717, 1.165) is 41.5 Å². The lowest BCUT2D eigenvalue weighted by Gasteiger charge is -2.13. The average Bonchev–Trinajstić information content (AvgIpc) is 3.43. The van der Waals surface area contributed by atoms with Crippen molar-refractivity contribution in [3.63, 3.8) is 0 Å². The summed E-state index contributed by atoms with van der Waals surface area (Å²) in [5.41, 5.74) is 5.34. The lowest BCUT2D eigenvalue weighted by Crippen LogP contribution is -2.09. The van der Waals surface area contributed by atoms with Crippen molar-refractivity contribution in [3.8, 4) is 22.5 Å². The number of aromatic nitrogens is 6. The predicted molar refractivity (Wildman–Crippen MR) is 110 cm³/mol. The highest BCUT2D eigenvalue weighted by Gasteiger charge is 2.11. The van der Waals surface area contributed by atoms with Gasteiger partial charge in [0.05, 0.1) is 0 Å². The third-order valence-electron chi connectivity index (χ3n) is 5.04. The molecule has 0 aliphatic heterocycles. The fourth-order valence-corrected chi connectivity index (χ4v) is 3.49. The highest BCUT2D eigenvalue weighted by atomic mass is 16.3. The standard InChI is InChI=1S/C22H23N6O/c1-2-3-6-18-13-23-21(15-29)28(18)14-16-9-11-17(12-10-16)19-7-4-5-8-20(19)22-24-26-27-25-22/h4-5,7-13,29H,2-3,6,14-15H2,1H3/q-1. The molecule has 29 heavy (non-hydrogen) atoms. The molecule has 4 aromatic rings. The molecular weight excluding hydrogens is 364 g/mol. The van der Waals surface area contributed by atoms with E-state index in [0.29, 0.717) is 18.2 Å². The minimum Gasteiger partial charge on any atom is -0.388 e. The van der Waals surface area contributed by atoms with Crippen molar-refractivity contribution in [2.45, 2.75) is 39.3 Å². The van der Waals surface area contributed by atoms with Gasteiger partial charge in [0.25, 0.3) is 0 Å². The minimum atomic E-state index is -0.0562. The van der Waals surface area contributed by atoms with Crippen molar-refractivity contribution in [1.82, 2.24) is 30.2 Å². The van der Waals surface area contributed by atoms with Gasteiger partial charge in [-0.1, -0.05) is 61.9 Å². The molecule has 4 rings (SSSR count). The summed E-state index contributed by atoms with van der Waals surface area (Å²) in [5, 5.41) is 24.8. The van der Waals surface area contributed by atoms with E-state index in [4.69, 9.17) is 0 Å². The zero-order chi connectivity index (χ0) is 20.1. The summed E-state index contributed by atoms with van der Waals surface area (Å²) in [7, 11) is 0. The fraction of sp³-hybridized carbons (Fsp3) is 0.273. The van der Waals surface area contributed by atoms with Crippen LogP contribution >= 0.6 is 0 Å². The maximum Gasteiger partial charge on any atom is 0.135 e. The van der Waals surface area contributed by atoms with Crippen molar-refractivity contribution in [2.75, 3.05) is 0 Å². The van der Waals surface area contributed by atoms with Crippen molar-refractivity contribution in [2.24, 2.45) is 0 Å². The topological polar surface area (TPSA) is 90.8 Å². The summed E-state index contributed by atoms with van der Waals surface area (Å²) in [6, 6.07) is 16.4. The Morgan fingerprint density at radius 3 is 2.52 bits per heavy atom. The Kier molecular flexibility index (Phi) is 5.76. The Hall–Kier alpha value is -3.32. The Balaban J connectivity index is 1.60. The van der Waals surface area contributed by atoms with E-state index < -0.39 is 0 Å². The van der Waals surface area contributed by atoms with E-state index in [-0.39, 0.29) is 6.61 Å². The number of aliphatic hydroxyl groups excluding tert-OH is 1. The molecule has 0 aliphatic carbocycles. The van der Waals surface area contributed by atoms with Gasteiger partial charge in [-0.15, -0.1) is 0 Å². The van der Waals surface area contributed by atoms with E-state index in [1.165, 1.54) is 5.69 Å². The number of aliphatic hydroxyl groups is 1. The highest BCUT2D eigenvalue weighted by molar-refractivity contribution is 5.80. The number of hydrogen-bond donors (Lipinski definition) is 1. The van der Waals surface area contributed by atoms with E-state index in [2.05, 4.69) is 61.4 Å². The molecule has 0 unspecified atom stereocenters. The summed E-state index contributed by atoms with van der Waals surface area (Å²) in [6.07, 6.45) is 5.09. The Morgan fingerprint density at radius 1 is 1.03 bits per heavy atom. The van der Waals surface area contributed by atoms with Gasteiger partial charge in [0.2, 0.25) is 0 Å². The molecule has 7 nitrogen and oxygen atoms in total.